The smallest absolute Gasteiger partial charge is 0.172 e. The quantitative estimate of drug-likeness (QED) is 0.733. The monoisotopic (exact) mass is 359 g/mol. The second-order valence-electron chi connectivity index (χ2n) is 7.59. The van der Waals surface area contributed by atoms with Crippen molar-refractivity contribution in [3.05, 3.63) is 60.2 Å². The largest absolute Gasteiger partial charge is 0.364 e. The highest BCUT2D eigenvalue weighted by atomic mass is 15.3. The molecule has 5 nitrogen and oxygen atoms in total. The standard InChI is InChI=1S/C22H25N5/c1-2-6-16(7-3-1)14-18-15-27(13-12-23-18)22-21(24-17-10-11-17)25-19-8-4-5-9-20(19)26-22/h1-9,17-18,23H,10-15H2,(H,24,25). The zero-order valence-electron chi connectivity index (χ0n) is 15.4. The first kappa shape index (κ1) is 16.5. The maximum Gasteiger partial charge on any atom is 0.172 e. The maximum absolute atomic E-state index is 4.99. The highest BCUT2D eigenvalue weighted by molar-refractivity contribution is 5.80. The summed E-state index contributed by atoms with van der Waals surface area (Å²) in [6.07, 6.45) is 3.49. The van der Waals surface area contributed by atoms with Crippen LogP contribution in [0.4, 0.5) is 11.6 Å². The molecular formula is C22H25N5. The number of hydrogen-bond acceptors (Lipinski definition) is 5. The molecule has 2 heterocycles. The number of nitrogens with zero attached hydrogens (tertiary/aromatic N) is 3. The molecule has 5 heteroatoms. The minimum atomic E-state index is 0.420. The minimum Gasteiger partial charge on any atom is -0.364 e. The number of hydrogen-bond donors (Lipinski definition) is 2. The van der Waals surface area contributed by atoms with Crippen molar-refractivity contribution >= 4 is 22.7 Å². The molecule has 1 aromatic heterocycles. The molecule has 0 bridgehead atoms. The molecule has 0 amide bonds. The number of rotatable bonds is 5. The Bertz CT molecular complexity index is 922. The van der Waals surface area contributed by atoms with Gasteiger partial charge in [0.1, 0.15) is 0 Å². The molecule has 5 rings (SSSR count). The normalized spacial score (nSPS) is 20.0. The molecule has 0 spiro atoms. The molecule has 1 aliphatic carbocycles. The van der Waals surface area contributed by atoms with Crippen LogP contribution in [0.1, 0.15) is 18.4 Å². The Balaban J connectivity index is 1.42. The lowest BCUT2D eigenvalue weighted by molar-refractivity contribution is 0.453. The molecule has 2 N–H and O–H groups in total. The summed E-state index contributed by atoms with van der Waals surface area (Å²) in [5.41, 5.74) is 3.30. The van der Waals surface area contributed by atoms with Gasteiger partial charge in [0.15, 0.2) is 11.6 Å². The SMILES string of the molecule is c1ccc(CC2CN(c3nc4ccccc4nc3NC3CC3)CCN2)cc1. The van der Waals surface area contributed by atoms with Gasteiger partial charge in [-0.05, 0) is 37.0 Å². The van der Waals surface area contributed by atoms with Gasteiger partial charge in [0, 0.05) is 31.7 Å². The van der Waals surface area contributed by atoms with Crippen LogP contribution in [0.3, 0.4) is 0 Å². The van der Waals surface area contributed by atoms with Gasteiger partial charge in [-0.1, -0.05) is 42.5 Å². The molecule has 1 saturated heterocycles. The van der Waals surface area contributed by atoms with Gasteiger partial charge < -0.3 is 15.5 Å². The Morgan fingerprint density at radius 2 is 1.70 bits per heavy atom. The third-order valence-corrected chi connectivity index (χ3v) is 5.35. The second-order valence-corrected chi connectivity index (χ2v) is 7.59. The third kappa shape index (κ3) is 3.74. The molecule has 3 aromatic rings. The van der Waals surface area contributed by atoms with E-state index in [1.165, 1.54) is 18.4 Å². The van der Waals surface area contributed by atoms with Crippen molar-refractivity contribution in [3.8, 4) is 0 Å². The van der Waals surface area contributed by atoms with Crippen LogP contribution >= 0.6 is 0 Å². The Hall–Kier alpha value is -2.66. The molecule has 1 atom stereocenters. The molecule has 1 unspecified atom stereocenters. The fourth-order valence-electron chi connectivity index (χ4n) is 3.78. The number of piperazine rings is 1. The maximum atomic E-state index is 4.99. The lowest BCUT2D eigenvalue weighted by Gasteiger charge is -2.35. The summed E-state index contributed by atoms with van der Waals surface area (Å²) in [4.78, 5) is 12.3. The molecule has 138 valence electrons. The Kier molecular flexibility index (Phi) is 4.38. The number of nitrogens with one attached hydrogen (secondary N) is 2. The van der Waals surface area contributed by atoms with Crippen LogP contribution in [0.5, 0.6) is 0 Å². The fourth-order valence-corrected chi connectivity index (χ4v) is 3.78. The predicted octanol–water partition coefficient (Wildman–Crippen LogP) is 3.23. The van der Waals surface area contributed by atoms with E-state index in [0.717, 1.165) is 48.7 Å². The van der Waals surface area contributed by atoms with Crippen molar-refractivity contribution in [2.24, 2.45) is 0 Å². The summed E-state index contributed by atoms with van der Waals surface area (Å²) in [6.45, 7) is 2.87. The third-order valence-electron chi connectivity index (χ3n) is 5.35. The van der Waals surface area contributed by atoms with Gasteiger partial charge in [0.05, 0.1) is 11.0 Å². The van der Waals surface area contributed by atoms with Crippen LogP contribution in [0.2, 0.25) is 0 Å². The van der Waals surface area contributed by atoms with E-state index in [1.807, 2.05) is 18.2 Å². The van der Waals surface area contributed by atoms with Crippen LogP contribution in [-0.2, 0) is 6.42 Å². The Morgan fingerprint density at radius 3 is 2.48 bits per heavy atom. The first-order valence-corrected chi connectivity index (χ1v) is 9.91. The predicted molar refractivity (Wildman–Crippen MR) is 110 cm³/mol. The van der Waals surface area contributed by atoms with E-state index in [2.05, 4.69) is 51.9 Å². The summed E-state index contributed by atoms with van der Waals surface area (Å²) in [7, 11) is 0. The number of benzene rings is 2. The fraction of sp³-hybridized carbons (Fsp3) is 0.364. The average Bonchev–Trinajstić information content (AvgIpc) is 3.52. The zero-order valence-corrected chi connectivity index (χ0v) is 15.4. The van der Waals surface area contributed by atoms with Crippen molar-refractivity contribution < 1.29 is 0 Å². The van der Waals surface area contributed by atoms with Gasteiger partial charge >= 0.3 is 0 Å². The second kappa shape index (κ2) is 7.16. The van der Waals surface area contributed by atoms with Gasteiger partial charge in [-0.15, -0.1) is 0 Å². The highest BCUT2D eigenvalue weighted by Gasteiger charge is 2.27. The van der Waals surface area contributed by atoms with Crippen LogP contribution in [-0.4, -0.2) is 41.7 Å². The lowest BCUT2D eigenvalue weighted by atomic mass is 10.0. The van der Waals surface area contributed by atoms with Gasteiger partial charge in [-0.3, -0.25) is 0 Å². The van der Waals surface area contributed by atoms with Crippen molar-refractivity contribution in [2.45, 2.75) is 31.3 Å². The summed E-state index contributed by atoms with van der Waals surface area (Å²) in [5, 5.41) is 7.27. The van der Waals surface area contributed by atoms with Crippen LogP contribution in [0.25, 0.3) is 11.0 Å². The van der Waals surface area contributed by atoms with Gasteiger partial charge in [0.25, 0.3) is 0 Å². The first-order valence-electron chi connectivity index (χ1n) is 9.91. The van der Waals surface area contributed by atoms with Crippen molar-refractivity contribution in [1.29, 1.82) is 0 Å². The van der Waals surface area contributed by atoms with Crippen molar-refractivity contribution in [1.82, 2.24) is 15.3 Å². The summed E-state index contributed by atoms with van der Waals surface area (Å²) in [6, 6.07) is 19.8. The molecule has 1 saturated carbocycles. The Morgan fingerprint density at radius 1 is 0.963 bits per heavy atom. The number of anilines is 2. The van der Waals surface area contributed by atoms with Crippen molar-refractivity contribution in [2.75, 3.05) is 29.9 Å². The van der Waals surface area contributed by atoms with E-state index in [1.54, 1.807) is 0 Å². The molecule has 27 heavy (non-hydrogen) atoms. The summed E-state index contributed by atoms with van der Waals surface area (Å²) in [5.74, 6) is 1.94. The van der Waals surface area contributed by atoms with Crippen LogP contribution in [0.15, 0.2) is 54.6 Å². The summed E-state index contributed by atoms with van der Waals surface area (Å²) >= 11 is 0. The van der Waals surface area contributed by atoms with E-state index >= 15 is 0 Å². The van der Waals surface area contributed by atoms with Crippen LogP contribution < -0.4 is 15.5 Å². The first-order chi connectivity index (χ1) is 13.3. The number of fused-ring (bicyclic) bond motifs is 1. The average molecular weight is 359 g/mol. The van der Waals surface area contributed by atoms with E-state index < -0.39 is 0 Å². The van der Waals surface area contributed by atoms with Crippen LogP contribution in [0, 0.1) is 0 Å². The number of para-hydroxylation sites is 2. The van der Waals surface area contributed by atoms with Gasteiger partial charge in [-0.2, -0.15) is 0 Å². The zero-order chi connectivity index (χ0) is 18.1. The molecule has 2 aliphatic rings. The highest BCUT2D eigenvalue weighted by Crippen LogP contribution is 2.31. The molecule has 1 aliphatic heterocycles. The molecular weight excluding hydrogens is 334 g/mol. The van der Waals surface area contributed by atoms with E-state index in [4.69, 9.17) is 9.97 Å². The topological polar surface area (TPSA) is 53.1 Å². The lowest BCUT2D eigenvalue weighted by Crippen LogP contribution is -2.52. The van der Waals surface area contributed by atoms with Crippen molar-refractivity contribution in [3.63, 3.8) is 0 Å². The minimum absolute atomic E-state index is 0.420. The Labute approximate surface area is 159 Å². The molecule has 2 aromatic carbocycles. The van der Waals surface area contributed by atoms with E-state index in [9.17, 15) is 0 Å². The van der Waals surface area contributed by atoms with Gasteiger partial charge in [0.2, 0.25) is 0 Å². The van der Waals surface area contributed by atoms with E-state index in [0.29, 0.717) is 12.1 Å². The number of aromatic nitrogens is 2. The van der Waals surface area contributed by atoms with E-state index in [-0.39, 0.29) is 0 Å². The molecule has 0 radical (unpaired) electrons. The molecule has 2 fully saturated rings. The van der Waals surface area contributed by atoms with Gasteiger partial charge in [-0.25, -0.2) is 9.97 Å². The summed E-state index contributed by atoms with van der Waals surface area (Å²) < 4.78 is 0.